The van der Waals surface area contributed by atoms with Gasteiger partial charge in [0.25, 0.3) is 0 Å². The Kier molecular flexibility index (Phi) is 7.74. The molecule has 0 atom stereocenters. The summed E-state index contributed by atoms with van der Waals surface area (Å²) in [6, 6.07) is 55.6. The first-order valence-corrected chi connectivity index (χ1v) is 18.4. The first kappa shape index (κ1) is 32.2. The van der Waals surface area contributed by atoms with Gasteiger partial charge in [-0.1, -0.05) is 135 Å². The van der Waals surface area contributed by atoms with Gasteiger partial charge >= 0.3 is 0 Å². The predicted octanol–water partition coefficient (Wildman–Crippen LogP) is 13.2. The molecule has 10 rings (SSSR count). The van der Waals surface area contributed by atoms with Crippen LogP contribution in [-0.4, -0.2) is 19.5 Å². The molecule has 0 spiro atoms. The van der Waals surface area contributed by atoms with Gasteiger partial charge in [-0.05, 0) is 92.3 Å². The second kappa shape index (κ2) is 13.2. The molecule has 3 heterocycles. The molecule has 0 fully saturated rings. The number of hydrogen-bond donors (Lipinski definition) is 0. The van der Waals surface area contributed by atoms with Crippen LogP contribution in [0.15, 0.2) is 183 Å². The minimum atomic E-state index is 0.663. The summed E-state index contributed by atoms with van der Waals surface area (Å²) in [5.74, 6) is 0.663. The summed E-state index contributed by atoms with van der Waals surface area (Å²) in [6.07, 6.45) is 7.50. The number of para-hydroxylation sites is 2. The molecular weight excluding hydrogens is 669 g/mol. The third kappa shape index (κ3) is 5.43. The maximum atomic E-state index is 5.26. The van der Waals surface area contributed by atoms with Crippen molar-refractivity contribution in [3.05, 3.63) is 194 Å². The maximum absolute atomic E-state index is 5.26. The molecule has 0 aliphatic rings. The van der Waals surface area contributed by atoms with Crippen molar-refractivity contribution in [1.29, 1.82) is 0 Å². The minimum absolute atomic E-state index is 0.663. The molecule has 7 aromatic carbocycles. The van der Waals surface area contributed by atoms with Gasteiger partial charge in [0.1, 0.15) is 0 Å². The fourth-order valence-corrected chi connectivity index (χ4v) is 8.06. The lowest BCUT2D eigenvalue weighted by molar-refractivity contribution is 1.17. The van der Waals surface area contributed by atoms with E-state index in [0.717, 1.165) is 77.6 Å². The molecule has 0 N–H and O–H groups in total. The molecule has 3 aromatic heterocycles. The fourth-order valence-electron chi connectivity index (χ4n) is 8.06. The topological polar surface area (TPSA) is 43.6 Å². The highest BCUT2D eigenvalue weighted by Gasteiger charge is 2.16. The van der Waals surface area contributed by atoms with Crippen molar-refractivity contribution in [2.24, 2.45) is 0 Å². The largest absolute Gasteiger partial charge is 0.309 e. The Morgan fingerprint density at radius 2 is 0.873 bits per heavy atom. The van der Waals surface area contributed by atoms with Crippen LogP contribution in [0.5, 0.6) is 0 Å². The average Bonchev–Trinajstić information content (AvgIpc) is 3.60. The summed E-state index contributed by atoms with van der Waals surface area (Å²) in [6.45, 7) is 8.30. The number of nitrogens with zero attached hydrogens (tertiary/aromatic N) is 4. The third-order valence-corrected chi connectivity index (χ3v) is 10.7. The zero-order chi connectivity index (χ0) is 36.9. The summed E-state index contributed by atoms with van der Waals surface area (Å²) in [4.78, 5) is 14.7. The number of benzene rings is 7. The van der Waals surface area contributed by atoms with Crippen LogP contribution >= 0.6 is 0 Å². The molecule has 258 valence electrons. The predicted molar refractivity (Wildman–Crippen MR) is 231 cm³/mol. The summed E-state index contributed by atoms with van der Waals surface area (Å²) >= 11 is 0. The van der Waals surface area contributed by atoms with E-state index < -0.39 is 0 Å². The van der Waals surface area contributed by atoms with E-state index in [-0.39, 0.29) is 0 Å². The van der Waals surface area contributed by atoms with Crippen LogP contribution < -0.4 is 0 Å². The van der Waals surface area contributed by atoms with E-state index in [2.05, 4.69) is 168 Å². The second-order valence-corrected chi connectivity index (χ2v) is 13.7. The zero-order valence-electron chi connectivity index (χ0n) is 30.0. The molecule has 4 heteroatoms. The Bertz CT molecular complexity index is 3050. The summed E-state index contributed by atoms with van der Waals surface area (Å²) in [5, 5.41) is 7.03. The van der Waals surface area contributed by atoms with Gasteiger partial charge in [0, 0.05) is 45.5 Å². The standard InChI is InChI=1S/C51H34N4/c1-3-39-40(4-2)43-26-23-37(31-46(43)42-12-6-5-11-41(39)42)51-53-47(35-19-17-33(18-20-35)34-27-29-52-30-28-34)32-48(54-51)36-21-24-38(25-22-36)55-49-15-9-7-13-44(49)45-14-8-10-16-50(45)55/h3-32H,1-2H2. The Balaban J connectivity index is 1.14. The molecule has 0 unspecified atom stereocenters. The first-order valence-electron chi connectivity index (χ1n) is 18.4. The van der Waals surface area contributed by atoms with Crippen molar-refractivity contribution in [3.63, 3.8) is 0 Å². The van der Waals surface area contributed by atoms with E-state index in [1.165, 1.54) is 21.8 Å². The Morgan fingerprint density at radius 3 is 1.47 bits per heavy atom. The molecule has 0 aliphatic heterocycles. The van der Waals surface area contributed by atoms with Crippen LogP contribution in [0.1, 0.15) is 11.1 Å². The molecular formula is C51H34N4. The molecule has 0 amide bonds. The van der Waals surface area contributed by atoms with Crippen LogP contribution in [0.2, 0.25) is 0 Å². The zero-order valence-corrected chi connectivity index (χ0v) is 30.0. The fraction of sp³-hybridized carbons (Fsp3) is 0. The van der Waals surface area contributed by atoms with Crippen LogP contribution in [0.3, 0.4) is 0 Å². The summed E-state index contributed by atoms with van der Waals surface area (Å²) in [5.41, 5.74) is 12.5. The Labute approximate surface area is 319 Å². The number of fused-ring (bicyclic) bond motifs is 6. The highest BCUT2D eigenvalue weighted by atomic mass is 15.0. The maximum Gasteiger partial charge on any atom is 0.160 e. The highest BCUT2D eigenvalue weighted by molar-refractivity contribution is 6.15. The molecule has 0 radical (unpaired) electrons. The van der Waals surface area contributed by atoms with Crippen LogP contribution in [0, 0.1) is 0 Å². The lowest BCUT2D eigenvalue weighted by Crippen LogP contribution is -1.97. The molecule has 0 saturated carbocycles. The summed E-state index contributed by atoms with van der Waals surface area (Å²) < 4.78 is 2.34. The van der Waals surface area contributed by atoms with Crippen LogP contribution in [0.4, 0.5) is 0 Å². The van der Waals surface area contributed by atoms with Gasteiger partial charge in [-0.3, -0.25) is 4.98 Å². The van der Waals surface area contributed by atoms with Gasteiger partial charge in [-0.15, -0.1) is 0 Å². The van der Waals surface area contributed by atoms with E-state index in [0.29, 0.717) is 5.82 Å². The van der Waals surface area contributed by atoms with Gasteiger partial charge in [0.05, 0.1) is 22.4 Å². The van der Waals surface area contributed by atoms with E-state index in [1.807, 2.05) is 36.7 Å². The summed E-state index contributed by atoms with van der Waals surface area (Å²) in [7, 11) is 0. The SMILES string of the molecule is C=Cc1c(C=C)c2ccc(-c3nc(-c4ccc(-c5ccncc5)cc4)cc(-c4ccc(-n5c6ccccc6c6ccccc65)cc4)n3)cc2c2ccccc12. The first-order chi connectivity index (χ1) is 27.2. The van der Waals surface area contributed by atoms with Crippen molar-refractivity contribution in [3.8, 4) is 50.7 Å². The van der Waals surface area contributed by atoms with Crippen molar-refractivity contribution in [2.75, 3.05) is 0 Å². The van der Waals surface area contributed by atoms with Gasteiger partial charge in [0.15, 0.2) is 5.82 Å². The van der Waals surface area contributed by atoms with Crippen LogP contribution in [-0.2, 0) is 0 Å². The molecule has 55 heavy (non-hydrogen) atoms. The minimum Gasteiger partial charge on any atom is -0.309 e. The quantitative estimate of drug-likeness (QED) is 0.155. The van der Waals surface area contributed by atoms with E-state index in [9.17, 15) is 0 Å². The van der Waals surface area contributed by atoms with Crippen LogP contribution in [0.25, 0.3) is 106 Å². The number of hydrogen-bond acceptors (Lipinski definition) is 3. The highest BCUT2D eigenvalue weighted by Crippen LogP contribution is 2.38. The van der Waals surface area contributed by atoms with Gasteiger partial charge in [0.2, 0.25) is 0 Å². The average molecular weight is 703 g/mol. The molecule has 4 nitrogen and oxygen atoms in total. The Morgan fingerprint density at radius 1 is 0.400 bits per heavy atom. The number of pyridine rings is 1. The van der Waals surface area contributed by atoms with E-state index >= 15 is 0 Å². The number of aromatic nitrogens is 4. The van der Waals surface area contributed by atoms with Gasteiger partial charge < -0.3 is 4.57 Å². The smallest absolute Gasteiger partial charge is 0.160 e. The van der Waals surface area contributed by atoms with E-state index in [4.69, 9.17) is 9.97 Å². The molecule has 0 aliphatic carbocycles. The Hall–Kier alpha value is -7.43. The third-order valence-electron chi connectivity index (χ3n) is 10.7. The van der Waals surface area contributed by atoms with Crippen molar-refractivity contribution in [2.45, 2.75) is 0 Å². The van der Waals surface area contributed by atoms with Gasteiger partial charge in [-0.25, -0.2) is 9.97 Å². The van der Waals surface area contributed by atoms with Crippen molar-refractivity contribution < 1.29 is 0 Å². The van der Waals surface area contributed by atoms with Crippen molar-refractivity contribution in [1.82, 2.24) is 19.5 Å². The monoisotopic (exact) mass is 702 g/mol. The van der Waals surface area contributed by atoms with Crippen molar-refractivity contribution >= 4 is 55.5 Å². The molecule has 0 saturated heterocycles. The molecule has 0 bridgehead atoms. The number of rotatable bonds is 7. The lowest BCUT2D eigenvalue weighted by Gasteiger charge is -2.15. The molecule has 10 aromatic rings. The van der Waals surface area contributed by atoms with E-state index in [1.54, 1.807) is 0 Å². The van der Waals surface area contributed by atoms with Gasteiger partial charge in [-0.2, -0.15) is 0 Å². The second-order valence-electron chi connectivity index (χ2n) is 13.7. The lowest BCUT2D eigenvalue weighted by atomic mass is 9.90. The normalized spacial score (nSPS) is 11.4.